The Morgan fingerprint density at radius 1 is 1.08 bits per heavy atom. The molecule has 0 spiro atoms. The van der Waals surface area contributed by atoms with Crippen LogP contribution in [0.2, 0.25) is 0 Å². The van der Waals surface area contributed by atoms with Gasteiger partial charge in [0.15, 0.2) is 5.82 Å². The molecule has 0 atom stereocenters. The van der Waals surface area contributed by atoms with E-state index < -0.39 is 0 Å². The van der Waals surface area contributed by atoms with Crippen LogP contribution in [0.3, 0.4) is 0 Å². The predicted molar refractivity (Wildman–Crippen MR) is 152 cm³/mol. The fourth-order valence-corrected chi connectivity index (χ4v) is 4.85. The van der Waals surface area contributed by atoms with Crippen molar-refractivity contribution in [1.29, 1.82) is 0 Å². The molecule has 0 aliphatic rings. The summed E-state index contributed by atoms with van der Waals surface area (Å²) in [6.45, 7) is 4.46. The van der Waals surface area contributed by atoms with Gasteiger partial charge in [0.25, 0.3) is 5.91 Å². The molecule has 0 fully saturated rings. The molecule has 4 N–H and O–H groups in total. The van der Waals surface area contributed by atoms with Crippen molar-refractivity contribution in [3.63, 3.8) is 0 Å². The highest BCUT2D eigenvalue weighted by Crippen LogP contribution is 2.28. The summed E-state index contributed by atoms with van der Waals surface area (Å²) in [5.74, 6) is 0.0180. The van der Waals surface area contributed by atoms with Crippen molar-refractivity contribution in [3.05, 3.63) is 95.0 Å². The molecule has 0 saturated heterocycles. The van der Waals surface area contributed by atoms with Crippen LogP contribution in [0.25, 0.3) is 15.8 Å². The minimum atomic E-state index is -0.269. The van der Waals surface area contributed by atoms with Crippen LogP contribution in [0.4, 0.5) is 11.5 Å². The second-order valence-electron chi connectivity index (χ2n) is 8.75. The first kappa shape index (κ1) is 25.9. The van der Waals surface area contributed by atoms with E-state index in [-0.39, 0.29) is 18.2 Å². The molecule has 8 heteroatoms. The van der Waals surface area contributed by atoms with Gasteiger partial charge in [-0.2, -0.15) is 0 Å². The monoisotopic (exact) mass is 513 g/mol. The van der Waals surface area contributed by atoms with E-state index in [0.717, 1.165) is 39.8 Å². The number of nitrogens with one attached hydrogen (secondary N) is 2. The number of benzene rings is 2. The third kappa shape index (κ3) is 6.95. The third-order valence-corrected chi connectivity index (χ3v) is 6.95. The fraction of sp³-hybridized carbons (Fsp3) is 0.207. The molecule has 7 nitrogen and oxygen atoms in total. The number of unbranched alkanes of at least 4 members (excludes halogenated alkanes) is 1. The van der Waals surface area contributed by atoms with Crippen molar-refractivity contribution in [2.75, 3.05) is 11.1 Å². The smallest absolute Gasteiger partial charge is 0.267 e. The highest BCUT2D eigenvalue weighted by atomic mass is 32.1. The maximum atomic E-state index is 12.9. The number of nitrogen functional groups attached to an aromatic ring is 1. The molecule has 0 saturated carbocycles. The normalized spacial score (nSPS) is 11.8. The molecule has 2 heterocycles. The van der Waals surface area contributed by atoms with Crippen molar-refractivity contribution in [2.45, 2.75) is 39.7 Å². The van der Waals surface area contributed by atoms with Crippen LogP contribution in [0, 0.1) is 0 Å². The Balaban J connectivity index is 1.39. The number of hydrogen-bond donors (Lipinski definition) is 3. The van der Waals surface area contributed by atoms with E-state index in [1.807, 2.05) is 74.5 Å². The zero-order valence-electron chi connectivity index (χ0n) is 21.0. The Hall–Kier alpha value is -4.17. The highest BCUT2D eigenvalue weighted by Gasteiger charge is 2.15. The molecule has 0 bridgehead atoms. The van der Waals surface area contributed by atoms with Crippen LogP contribution in [0.1, 0.15) is 47.5 Å². The molecular formula is C29H31N5O2S. The lowest BCUT2D eigenvalue weighted by Crippen LogP contribution is -2.24. The number of aromatic nitrogens is 2. The fourth-order valence-electron chi connectivity index (χ4n) is 3.82. The van der Waals surface area contributed by atoms with E-state index in [1.54, 1.807) is 10.9 Å². The minimum absolute atomic E-state index is 0.0463. The molecular weight excluding hydrogens is 482 g/mol. The number of hydrogen-bond acceptors (Lipinski definition) is 5. The first-order valence-electron chi connectivity index (χ1n) is 12.2. The molecule has 0 aliphatic carbocycles. The molecule has 2 aromatic carbocycles. The summed E-state index contributed by atoms with van der Waals surface area (Å²) in [5, 5.41) is 11.2. The van der Waals surface area contributed by atoms with Crippen LogP contribution in [-0.4, -0.2) is 21.6 Å². The largest absolute Gasteiger partial charge is 0.394 e. The van der Waals surface area contributed by atoms with E-state index >= 15 is 0 Å². The van der Waals surface area contributed by atoms with Gasteiger partial charge in [-0.1, -0.05) is 60.7 Å². The second-order valence-corrected chi connectivity index (χ2v) is 9.83. The molecule has 4 rings (SSSR count). The Labute approximate surface area is 220 Å². The summed E-state index contributed by atoms with van der Waals surface area (Å²) < 4.78 is 2.62. The van der Waals surface area contributed by atoms with Gasteiger partial charge in [-0.05, 0) is 55.3 Å². The number of carbonyl (C=O) groups is 2. The van der Waals surface area contributed by atoms with Crippen LogP contribution in [0.5, 0.6) is 0 Å². The first-order valence-corrected chi connectivity index (χ1v) is 13.0. The first-order chi connectivity index (χ1) is 17.9. The van der Waals surface area contributed by atoms with Gasteiger partial charge in [-0.15, -0.1) is 16.4 Å². The van der Waals surface area contributed by atoms with Gasteiger partial charge in [-0.25, -0.2) is 4.68 Å². The molecule has 37 heavy (non-hydrogen) atoms. The average molecular weight is 514 g/mol. The minimum Gasteiger partial charge on any atom is -0.394 e. The van der Waals surface area contributed by atoms with Gasteiger partial charge < -0.3 is 16.4 Å². The van der Waals surface area contributed by atoms with E-state index in [1.165, 1.54) is 11.3 Å². The molecule has 2 amide bonds. The molecule has 190 valence electrons. The number of nitrogens with two attached hydrogens (primary N) is 1. The number of thiophene rings is 1. The van der Waals surface area contributed by atoms with Crippen LogP contribution < -0.4 is 16.4 Å². The van der Waals surface area contributed by atoms with E-state index in [9.17, 15) is 9.59 Å². The Kier molecular flexibility index (Phi) is 8.53. The predicted octanol–water partition coefficient (Wildman–Crippen LogP) is 6.01. The Morgan fingerprint density at radius 3 is 2.68 bits per heavy atom. The maximum absolute atomic E-state index is 12.9. The second kappa shape index (κ2) is 12.2. The zero-order valence-corrected chi connectivity index (χ0v) is 21.8. The van der Waals surface area contributed by atoms with Gasteiger partial charge in [0.2, 0.25) is 5.91 Å². The van der Waals surface area contributed by atoms with Crippen molar-refractivity contribution in [1.82, 2.24) is 15.1 Å². The summed E-state index contributed by atoms with van der Waals surface area (Å²) in [5.41, 5.74) is 9.41. The van der Waals surface area contributed by atoms with Gasteiger partial charge in [0, 0.05) is 16.9 Å². The summed E-state index contributed by atoms with van der Waals surface area (Å²) in [4.78, 5) is 25.9. The van der Waals surface area contributed by atoms with Gasteiger partial charge in [0.1, 0.15) is 0 Å². The molecule has 0 unspecified atom stereocenters. The maximum Gasteiger partial charge on any atom is 0.267 e. The van der Waals surface area contributed by atoms with Crippen molar-refractivity contribution >= 4 is 50.4 Å². The number of amides is 2. The van der Waals surface area contributed by atoms with Crippen LogP contribution in [-0.2, 0) is 17.8 Å². The van der Waals surface area contributed by atoms with Crippen molar-refractivity contribution in [2.24, 2.45) is 0 Å². The van der Waals surface area contributed by atoms with E-state index in [0.29, 0.717) is 22.9 Å². The number of nitrogens with zero attached hydrogens (tertiary/aromatic N) is 2. The van der Waals surface area contributed by atoms with Crippen LogP contribution >= 0.6 is 11.3 Å². The average Bonchev–Trinajstić information content (AvgIpc) is 3.49. The molecule has 4 aromatic rings. The van der Waals surface area contributed by atoms with Crippen molar-refractivity contribution < 1.29 is 9.59 Å². The standard InChI is InChI=1S/C29H31N5O2S/c1-3-4-5-7-10-20(2)34-19-24(30)28(33-34)32-29(36)26-17-23-14-13-22(15-25(23)37-26)16-27(35)31-18-21-11-8-6-9-12-21/h3-4,6,8-15,17,19H,5,7,16,18,30H2,1-2H3,(H,31,35)(H,32,33,36)/b4-3-,20-10+. The number of anilines is 2. The molecule has 0 radical (unpaired) electrons. The molecule has 2 aromatic heterocycles. The Bertz CT molecular complexity index is 1450. The molecule has 0 aliphatic heterocycles. The highest BCUT2D eigenvalue weighted by molar-refractivity contribution is 7.20. The lowest BCUT2D eigenvalue weighted by Gasteiger charge is -2.05. The zero-order chi connectivity index (χ0) is 26.2. The summed E-state index contributed by atoms with van der Waals surface area (Å²) >= 11 is 1.37. The topological polar surface area (TPSA) is 102 Å². The van der Waals surface area contributed by atoms with Crippen LogP contribution in [0.15, 0.2) is 79.0 Å². The lowest BCUT2D eigenvalue weighted by atomic mass is 10.1. The lowest BCUT2D eigenvalue weighted by molar-refractivity contribution is -0.120. The Morgan fingerprint density at radius 2 is 1.89 bits per heavy atom. The SMILES string of the molecule is C/C=C\CC/C=C(\C)n1cc(N)c(NC(=O)c2cc3ccc(CC(=O)NCc4ccccc4)cc3s2)n1. The summed E-state index contributed by atoms with van der Waals surface area (Å²) in [7, 11) is 0. The summed E-state index contributed by atoms with van der Waals surface area (Å²) in [6.07, 6.45) is 10.1. The number of carbonyl (C=O) groups excluding carboxylic acids is 2. The van der Waals surface area contributed by atoms with Gasteiger partial charge >= 0.3 is 0 Å². The van der Waals surface area contributed by atoms with Crippen molar-refractivity contribution in [3.8, 4) is 0 Å². The summed E-state index contributed by atoms with van der Waals surface area (Å²) in [6, 6.07) is 17.5. The number of rotatable bonds is 10. The van der Waals surface area contributed by atoms with E-state index in [2.05, 4.69) is 27.9 Å². The quantitative estimate of drug-likeness (QED) is 0.179. The van der Waals surface area contributed by atoms with E-state index in [4.69, 9.17) is 5.73 Å². The number of fused-ring (bicyclic) bond motifs is 1. The third-order valence-electron chi connectivity index (χ3n) is 5.85. The van der Waals surface area contributed by atoms with Gasteiger partial charge in [0.05, 0.1) is 23.2 Å². The van der Waals surface area contributed by atoms with Gasteiger partial charge in [-0.3, -0.25) is 9.59 Å². The number of allylic oxidation sites excluding steroid dienone is 4.